The third kappa shape index (κ3) is 6.40. The molecule has 0 heterocycles. The Hall–Kier alpha value is -0.200. The van der Waals surface area contributed by atoms with Gasteiger partial charge in [-0.1, -0.05) is 0 Å². The van der Waals surface area contributed by atoms with Gasteiger partial charge in [0, 0.05) is 13.1 Å². The van der Waals surface area contributed by atoms with Crippen molar-refractivity contribution in [3.05, 3.63) is 0 Å². The molecule has 0 saturated heterocycles. The molecule has 0 aromatic carbocycles. The van der Waals surface area contributed by atoms with E-state index in [0.717, 1.165) is 0 Å². The van der Waals surface area contributed by atoms with E-state index in [2.05, 4.69) is 5.32 Å². The highest BCUT2D eigenvalue weighted by atomic mass is 16.3. The van der Waals surface area contributed by atoms with Crippen LogP contribution in [0.2, 0.25) is 0 Å². The molecule has 4 N–H and O–H groups in total. The molecule has 5 heteroatoms. The molecular formula is C11H26N2O3. The summed E-state index contributed by atoms with van der Waals surface area (Å²) in [5.74, 6) is 0. The Bertz CT molecular complexity index is 197. The van der Waals surface area contributed by atoms with Gasteiger partial charge < -0.3 is 15.3 Å². The standard InChI is InChI=1S/C11H26N2O3/c1-9(2,14)12-7-8-13(10(3,4)15)11(5,6)16/h12,14-16H,7-8H2,1-6H3. The second-order valence-corrected chi connectivity index (χ2v) is 5.63. The topological polar surface area (TPSA) is 76.0 Å². The third-order valence-corrected chi connectivity index (χ3v) is 2.21. The van der Waals surface area contributed by atoms with Crippen molar-refractivity contribution in [1.82, 2.24) is 10.2 Å². The maximum absolute atomic E-state index is 9.92. The first-order valence-corrected chi connectivity index (χ1v) is 5.54. The van der Waals surface area contributed by atoms with Crippen LogP contribution in [0.25, 0.3) is 0 Å². The minimum absolute atomic E-state index is 0.428. The Morgan fingerprint density at radius 1 is 0.875 bits per heavy atom. The minimum atomic E-state index is -1.11. The molecule has 0 unspecified atom stereocenters. The molecule has 0 aromatic rings. The molecule has 0 atom stereocenters. The molecule has 0 saturated carbocycles. The quantitative estimate of drug-likeness (QED) is 0.489. The Labute approximate surface area is 98.1 Å². The fraction of sp³-hybridized carbons (Fsp3) is 1.00. The Balaban J connectivity index is 4.38. The van der Waals surface area contributed by atoms with Crippen molar-refractivity contribution >= 4 is 0 Å². The van der Waals surface area contributed by atoms with Gasteiger partial charge in [-0.05, 0) is 41.5 Å². The summed E-state index contributed by atoms with van der Waals surface area (Å²) in [5.41, 5.74) is -3.18. The number of nitrogens with zero attached hydrogens (tertiary/aromatic N) is 1. The van der Waals surface area contributed by atoms with Crippen LogP contribution < -0.4 is 5.32 Å². The minimum Gasteiger partial charge on any atom is -0.376 e. The SMILES string of the molecule is CC(C)(O)NCCN(C(C)(C)O)C(C)(C)O. The van der Waals surface area contributed by atoms with Gasteiger partial charge in [0.1, 0.15) is 17.2 Å². The van der Waals surface area contributed by atoms with Gasteiger partial charge in [-0.25, -0.2) is 4.90 Å². The molecule has 98 valence electrons. The van der Waals surface area contributed by atoms with Crippen molar-refractivity contribution in [2.45, 2.75) is 58.7 Å². The van der Waals surface area contributed by atoms with Gasteiger partial charge in [-0.15, -0.1) is 0 Å². The fourth-order valence-corrected chi connectivity index (χ4v) is 1.69. The van der Waals surface area contributed by atoms with E-state index in [1.807, 2.05) is 0 Å². The van der Waals surface area contributed by atoms with Crippen molar-refractivity contribution in [3.63, 3.8) is 0 Å². The monoisotopic (exact) mass is 234 g/mol. The second kappa shape index (κ2) is 4.98. The third-order valence-electron chi connectivity index (χ3n) is 2.21. The molecule has 16 heavy (non-hydrogen) atoms. The summed E-state index contributed by atoms with van der Waals surface area (Å²) in [6.07, 6.45) is 0. The molecule has 0 aromatic heterocycles. The van der Waals surface area contributed by atoms with Crippen LogP contribution in [0.1, 0.15) is 41.5 Å². The predicted octanol–water partition coefficient (Wildman–Crippen LogP) is 0.0632. The number of aliphatic hydroxyl groups is 3. The highest BCUT2D eigenvalue weighted by molar-refractivity contribution is 4.79. The van der Waals surface area contributed by atoms with Crippen molar-refractivity contribution in [2.75, 3.05) is 13.1 Å². The van der Waals surface area contributed by atoms with Crippen LogP contribution >= 0.6 is 0 Å². The lowest BCUT2D eigenvalue weighted by atomic mass is 10.1. The zero-order chi connectivity index (χ0) is 13.2. The first kappa shape index (κ1) is 15.8. The van der Waals surface area contributed by atoms with E-state index in [4.69, 9.17) is 0 Å². The fourth-order valence-electron chi connectivity index (χ4n) is 1.69. The smallest absolute Gasteiger partial charge is 0.115 e. The van der Waals surface area contributed by atoms with Crippen LogP contribution in [0.15, 0.2) is 0 Å². The number of hydrogen-bond donors (Lipinski definition) is 4. The number of hydrogen-bond acceptors (Lipinski definition) is 5. The van der Waals surface area contributed by atoms with Crippen LogP contribution in [0.5, 0.6) is 0 Å². The van der Waals surface area contributed by atoms with E-state index >= 15 is 0 Å². The van der Waals surface area contributed by atoms with Crippen LogP contribution in [0.4, 0.5) is 0 Å². The Morgan fingerprint density at radius 3 is 1.50 bits per heavy atom. The van der Waals surface area contributed by atoms with Gasteiger partial charge >= 0.3 is 0 Å². The van der Waals surface area contributed by atoms with Crippen molar-refractivity contribution in [2.24, 2.45) is 0 Å². The Kier molecular flexibility index (Phi) is 4.91. The van der Waals surface area contributed by atoms with E-state index in [0.29, 0.717) is 13.1 Å². The van der Waals surface area contributed by atoms with Gasteiger partial charge in [0.2, 0.25) is 0 Å². The van der Waals surface area contributed by atoms with Crippen molar-refractivity contribution in [3.8, 4) is 0 Å². The van der Waals surface area contributed by atoms with E-state index < -0.39 is 17.2 Å². The maximum atomic E-state index is 9.92. The van der Waals surface area contributed by atoms with Gasteiger partial charge in [0.05, 0.1) is 0 Å². The van der Waals surface area contributed by atoms with Gasteiger partial charge in [0.15, 0.2) is 0 Å². The Morgan fingerprint density at radius 2 is 1.25 bits per heavy atom. The lowest BCUT2D eigenvalue weighted by molar-refractivity contribution is -0.199. The summed E-state index contributed by atoms with van der Waals surface area (Å²) in [6, 6.07) is 0. The summed E-state index contributed by atoms with van der Waals surface area (Å²) >= 11 is 0. The molecule has 0 aliphatic carbocycles. The molecule has 0 radical (unpaired) electrons. The molecule has 0 fully saturated rings. The summed E-state index contributed by atoms with van der Waals surface area (Å²) in [5, 5.41) is 32.2. The molecule has 0 spiro atoms. The van der Waals surface area contributed by atoms with Crippen LogP contribution in [0, 0.1) is 0 Å². The second-order valence-electron chi connectivity index (χ2n) is 5.63. The average Bonchev–Trinajstić information content (AvgIpc) is 1.90. The van der Waals surface area contributed by atoms with Crippen LogP contribution in [-0.4, -0.2) is 50.5 Å². The van der Waals surface area contributed by atoms with Crippen molar-refractivity contribution in [1.29, 1.82) is 0 Å². The van der Waals surface area contributed by atoms with Crippen molar-refractivity contribution < 1.29 is 15.3 Å². The van der Waals surface area contributed by atoms with Gasteiger partial charge in [0.25, 0.3) is 0 Å². The maximum Gasteiger partial charge on any atom is 0.115 e. The first-order chi connectivity index (χ1) is 6.84. The average molecular weight is 234 g/mol. The molecule has 0 rings (SSSR count). The zero-order valence-corrected chi connectivity index (χ0v) is 11.2. The summed E-state index contributed by atoms with van der Waals surface area (Å²) < 4.78 is 0. The summed E-state index contributed by atoms with van der Waals surface area (Å²) in [6.45, 7) is 10.7. The van der Waals surface area contributed by atoms with E-state index in [1.54, 1.807) is 46.4 Å². The van der Waals surface area contributed by atoms with Gasteiger partial charge in [-0.3, -0.25) is 5.32 Å². The number of nitrogens with one attached hydrogen (secondary N) is 1. The van der Waals surface area contributed by atoms with Crippen LogP contribution in [-0.2, 0) is 0 Å². The van der Waals surface area contributed by atoms with Crippen LogP contribution in [0.3, 0.4) is 0 Å². The summed E-state index contributed by atoms with van der Waals surface area (Å²) in [7, 11) is 0. The normalized spacial score (nSPS) is 14.6. The van der Waals surface area contributed by atoms with E-state index in [1.165, 1.54) is 0 Å². The highest BCUT2D eigenvalue weighted by Gasteiger charge is 2.34. The molecule has 0 aliphatic heterocycles. The van der Waals surface area contributed by atoms with Gasteiger partial charge in [-0.2, -0.15) is 0 Å². The molecule has 0 bridgehead atoms. The predicted molar refractivity (Wildman–Crippen MR) is 63.6 cm³/mol. The molecule has 0 aliphatic rings. The lowest BCUT2D eigenvalue weighted by Gasteiger charge is -2.42. The first-order valence-electron chi connectivity index (χ1n) is 5.54. The summed E-state index contributed by atoms with van der Waals surface area (Å²) in [4.78, 5) is 1.55. The number of rotatable bonds is 6. The highest BCUT2D eigenvalue weighted by Crippen LogP contribution is 2.20. The zero-order valence-electron chi connectivity index (χ0n) is 11.2. The lowest BCUT2D eigenvalue weighted by Crippen LogP contribution is -2.58. The van der Waals surface area contributed by atoms with E-state index in [-0.39, 0.29) is 0 Å². The largest absolute Gasteiger partial charge is 0.376 e. The molecule has 0 amide bonds. The van der Waals surface area contributed by atoms with E-state index in [9.17, 15) is 15.3 Å². The molecule has 5 nitrogen and oxygen atoms in total. The molecular weight excluding hydrogens is 208 g/mol.